The Morgan fingerprint density at radius 2 is 1.92 bits per heavy atom. The summed E-state index contributed by atoms with van der Waals surface area (Å²) in [7, 11) is 0. The van der Waals surface area contributed by atoms with Crippen LogP contribution in [0.15, 0.2) is 17.3 Å². The highest BCUT2D eigenvalue weighted by molar-refractivity contribution is 8.01. The molecule has 0 saturated carbocycles. The molecule has 0 spiro atoms. The second-order valence-electron chi connectivity index (χ2n) is 5.82. The molecule has 0 atom stereocenters. The number of Topliss-reactive ketones (excluding diaryl/α,β-unsaturated/α-hetero) is 2. The Hall–Kier alpha value is -1.57. The number of fused-ring (bicyclic) bond motifs is 1. The molecule has 2 aromatic rings. The highest BCUT2D eigenvalue weighted by Gasteiger charge is 2.23. The van der Waals surface area contributed by atoms with Crippen LogP contribution >= 0.6 is 23.4 Å². The number of thioether (sulfide) groups is 1. The van der Waals surface area contributed by atoms with Crippen molar-refractivity contribution in [2.24, 2.45) is 0 Å². The summed E-state index contributed by atoms with van der Waals surface area (Å²) in [4.78, 5) is 33.1. The van der Waals surface area contributed by atoms with Crippen LogP contribution in [0.4, 0.5) is 5.69 Å². The maximum Gasteiger partial charge on any atom is 0.167 e. The SMILES string of the molecule is CC(=O)C(Sc1nc2cc(N3CCNCC3)c(Cl)cc2[nH]1)C(C)=O. The van der Waals surface area contributed by atoms with E-state index in [9.17, 15) is 9.59 Å². The molecule has 0 unspecified atom stereocenters. The van der Waals surface area contributed by atoms with Gasteiger partial charge >= 0.3 is 0 Å². The van der Waals surface area contributed by atoms with Crippen LogP contribution < -0.4 is 10.2 Å². The van der Waals surface area contributed by atoms with Crippen LogP contribution in [0.2, 0.25) is 5.02 Å². The molecule has 24 heavy (non-hydrogen) atoms. The number of nitrogens with zero attached hydrogens (tertiary/aromatic N) is 2. The van der Waals surface area contributed by atoms with Gasteiger partial charge in [-0.3, -0.25) is 9.59 Å². The van der Waals surface area contributed by atoms with E-state index in [4.69, 9.17) is 11.6 Å². The van der Waals surface area contributed by atoms with E-state index in [0.717, 1.165) is 54.7 Å². The number of imidazole rings is 1. The summed E-state index contributed by atoms with van der Waals surface area (Å²) in [6, 6.07) is 3.81. The zero-order valence-corrected chi connectivity index (χ0v) is 15.1. The lowest BCUT2D eigenvalue weighted by Gasteiger charge is -2.30. The number of aromatic amines is 1. The molecule has 0 radical (unpaired) electrons. The van der Waals surface area contributed by atoms with E-state index in [-0.39, 0.29) is 11.6 Å². The Balaban J connectivity index is 1.90. The van der Waals surface area contributed by atoms with Gasteiger partial charge in [0.25, 0.3) is 0 Å². The van der Waals surface area contributed by atoms with Crippen LogP contribution in [0.5, 0.6) is 0 Å². The molecular weight excluding hydrogens is 348 g/mol. The number of piperazine rings is 1. The van der Waals surface area contributed by atoms with Crippen molar-refractivity contribution in [1.82, 2.24) is 15.3 Å². The molecule has 3 rings (SSSR count). The van der Waals surface area contributed by atoms with Gasteiger partial charge in [-0.1, -0.05) is 23.4 Å². The van der Waals surface area contributed by atoms with Crippen molar-refractivity contribution in [3.8, 4) is 0 Å². The highest BCUT2D eigenvalue weighted by atomic mass is 35.5. The molecule has 0 amide bonds. The van der Waals surface area contributed by atoms with Crippen LogP contribution in [0.1, 0.15) is 13.8 Å². The molecular formula is C16H19ClN4O2S. The van der Waals surface area contributed by atoms with Gasteiger partial charge in [-0.15, -0.1) is 0 Å². The molecule has 2 N–H and O–H groups in total. The van der Waals surface area contributed by atoms with Crippen LogP contribution in [0.25, 0.3) is 11.0 Å². The Morgan fingerprint density at radius 3 is 2.54 bits per heavy atom. The molecule has 128 valence electrons. The monoisotopic (exact) mass is 366 g/mol. The first kappa shape index (κ1) is 17.3. The summed E-state index contributed by atoms with van der Waals surface area (Å²) in [6.07, 6.45) is 0. The number of carbonyl (C=O) groups is 2. The van der Waals surface area contributed by atoms with Gasteiger partial charge in [0.05, 0.1) is 21.7 Å². The Labute approximate surface area is 149 Å². The van der Waals surface area contributed by atoms with Crippen molar-refractivity contribution in [2.45, 2.75) is 24.3 Å². The van der Waals surface area contributed by atoms with Crippen LogP contribution in [0.3, 0.4) is 0 Å². The number of ketones is 2. The van der Waals surface area contributed by atoms with Gasteiger partial charge in [0.1, 0.15) is 5.25 Å². The van der Waals surface area contributed by atoms with Crippen molar-refractivity contribution in [3.05, 3.63) is 17.2 Å². The first-order chi connectivity index (χ1) is 11.5. The Kier molecular flexibility index (Phi) is 5.12. The van der Waals surface area contributed by atoms with Gasteiger partial charge in [-0.05, 0) is 26.0 Å². The van der Waals surface area contributed by atoms with E-state index in [1.54, 1.807) is 0 Å². The lowest BCUT2D eigenvalue weighted by Crippen LogP contribution is -2.43. The fourth-order valence-corrected chi connectivity index (χ4v) is 3.92. The van der Waals surface area contributed by atoms with E-state index >= 15 is 0 Å². The molecule has 6 nitrogen and oxygen atoms in total. The molecule has 1 aromatic heterocycles. The summed E-state index contributed by atoms with van der Waals surface area (Å²) < 4.78 is 0. The standard InChI is InChI=1S/C16H19ClN4O2S/c1-9(22)15(10(2)23)24-16-19-12-7-11(17)14(8-13(12)20-16)21-5-3-18-4-6-21/h7-8,15,18H,3-6H2,1-2H3,(H,19,20). The summed E-state index contributed by atoms with van der Waals surface area (Å²) in [5.74, 6) is -0.347. The molecule has 1 aliphatic rings. The maximum atomic E-state index is 11.6. The third-order valence-corrected chi connectivity index (χ3v) is 5.57. The van der Waals surface area contributed by atoms with Gasteiger partial charge < -0.3 is 15.2 Å². The first-order valence-corrected chi connectivity index (χ1v) is 9.04. The van der Waals surface area contributed by atoms with Crippen LogP contribution in [0, 0.1) is 0 Å². The predicted octanol–water partition coefficient (Wildman–Crippen LogP) is 2.26. The summed E-state index contributed by atoms with van der Waals surface area (Å²) >= 11 is 7.57. The van der Waals surface area contributed by atoms with Crippen molar-refractivity contribution in [2.75, 3.05) is 31.1 Å². The molecule has 1 aliphatic heterocycles. The van der Waals surface area contributed by atoms with Gasteiger partial charge in [-0.25, -0.2) is 4.98 Å². The number of anilines is 1. The number of carbonyl (C=O) groups excluding carboxylic acids is 2. The minimum atomic E-state index is -0.728. The minimum Gasteiger partial charge on any atom is -0.368 e. The molecule has 0 aliphatic carbocycles. The van der Waals surface area contributed by atoms with Crippen molar-refractivity contribution < 1.29 is 9.59 Å². The quantitative estimate of drug-likeness (QED) is 0.624. The van der Waals surface area contributed by atoms with E-state index in [1.807, 2.05) is 12.1 Å². The third-order valence-electron chi connectivity index (χ3n) is 3.95. The van der Waals surface area contributed by atoms with Crippen molar-refractivity contribution in [3.63, 3.8) is 0 Å². The third kappa shape index (κ3) is 3.58. The second kappa shape index (κ2) is 7.13. The number of aromatic nitrogens is 2. The lowest BCUT2D eigenvalue weighted by molar-refractivity contribution is -0.123. The molecule has 1 saturated heterocycles. The average molecular weight is 367 g/mol. The summed E-state index contributed by atoms with van der Waals surface area (Å²) in [6.45, 7) is 6.48. The molecule has 1 aromatic carbocycles. The number of nitrogens with one attached hydrogen (secondary N) is 2. The van der Waals surface area contributed by atoms with Crippen molar-refractivity contribution >= 4 is 51.7 Å². The van der Waals surface area contributed by atoms with Gasteiger partial charge in [0.15, 0.2) is 16.7 Å². The van der Waals surface area contributed by atoms with Gasteiger partial charge in [0.2, 0.25) is 0 Å². The van der Waals surface area contributed by atoms with E-state index < -0.39 is 5.25 Å². The molecule has 8 heteroatoms. The van der Waals surface area contributed by atoms with Crippen LogP contribution in [-0.2, 0) is 9.59 Å². The number of benzene rings is 1. The number of hydrogen-bond donors (Lipinski definition) is 2. The summed E-state index contributed by atoms with van der Waals surface area (Å²) in [5, 5.41) is 3.80. The molecule has 0 bridgehead atoms. The second-order valence-corrected chi connectivity index (χ2v) is 7.32. The number of H-pyrrole nitrogens is 1. The Morgan fingerprint density at radius 1 is 1.25 bits per heavy atom. The normalized spacial score (nSPS) is 15.2. The fraction of sp³-hybridized carbons (Fsp3) is 0.438. The predicted molar refractivity (Wildman–Crippen MR) is 97.2 cm³/mol. The van der Waals surface area contributed by atoms with Gasteiger partial charge in [-0.2, -0.15) is 0 Å². The summed E-state index contributed by atoms with van der Waals surface area (Å²) in [5.41, 5.74) is 2.54. The molecule has 1 fully saturated rings. The number of hydrogen-bond acceptors (Lipinski definition) is 6. The lowest BCUT2D eigenvalue weighted by atomic mass is 10.2. The van der Waals surface area contributed by atoms with Crippen molar-refractivity contribution in [1.29, 1.82) is 0 Å². The number of halogens is 1. The molecule has 2 heterocycles. The smallest absolute Gasteiger partial charge is 0.167 e. The topological polar surface area (TPSA) is 78.1 Å². The largest absolute Gasteiger partial charge is 0.368 e. The number of rotatable bonds is 5. The fourth-order valence-electron chi connectivity index (χ4n) is 2.76. The zero-order valence-electron chi connectivity index (χ0n) is 13.6. The average Bonchev–Trinajstić information content (AvgIpc) is 2.93. The van der Waals surface area contributed by atoms with Crippen LogP contribution in [-0.4, -0.2) is 53.0 Å². The highest BCUT2D eigenvalue weighted by Crippen LogP contribution is 2.32. The Bertz CT molecular complexity index is 772. The first-order valence-electron chi connectivity index (χ1n) is 7.78. The zero-order chi connectivity index (χ0) is 17.3. The van der Waals surface area contributed by atoms with Gasteiger partial charge in [0, 0.05) is 26.2 Å². The minimum absolute atomic E-state index is 0.174. The van der Waals surface area contributed by atoms with E-state index in [0.29, 0.717) is 10.2 Å². The van der Waals surface area contributed by atoms with E-state index in [2.05, 4.69) is 20.2 Å². The maximum absolute atomic E-state index is 11.6. The van der Waals surface area contributed by atoms with E-state index in [1.165, 1.54) is 13.8 Å².